The minimum atomic E-state index is 0.248. The Morgan fingerprint density at radius 2 is 1.72 bits per heavy atom. The molecule has 1 aliphatic heterocycles. The van der Waals surface area contributed by atoms with Crippen molar-refractivity contribution < 1.29 is 9.47 Å². The van der Waals surface area contributed by atoms with Crippen LogP contribution in [0.1, 0.15) is 11.1 Å². The summed E-state index contributed by atoms with van der Waals surface area (Å²) in [6.07, 6.45) is 0. The third-order valence-corrected chi connectivity index (χ3v) is 4.81. The summed E-state index contributed by atoms with van der Waals surface area (Å²) in [7, 11) is 0. The van der Waals surface area contributed by atoms with Crippen LogP contribution < -0.4 is 20.1 Å². The molecular formula is C23H20N4O2. The second-order valence-corrected chi connectivity index (χ2v) is 6.95. The molecule has 1 aliphatic rings. The van der Waals surface area contributed by atoms with Gasteiger partial charge in [-0.2, -0.15) is 4.98 Å². The first-order valence-electron chi connectivity index (χ1n) is 9.47. The van der Waals surface area contributed by atoms with E-state index < -0.39 is 0 Å². The zero-order valence-electron chi connectivity index (χ0n) is 16.0. The third-order valence-electron chi connectivity index (χ3n) is 4.81. The summed E-state index contributed by atoms with van der Waals surface area (Å²) in [6, 6.07) is 22.1. The molecule has 0 saturated heterocycles. The molecule has 144 valence electrons. The average Bonchev–Trinajstić information content (AvgIpc) is 3.21. The van der Waals surface area contributed by atoms with Gasteiger partial charge in [0.15, 0.2) is 11.5 Å². The van der Waals surface area contributed by atoms with Gasteiger partial charge in [0, 0.05) is 23.7 Å². The van der Waals surface area contributed by atoms with Gasteiger partial charge in [-0.1, -0.05) is 42.0 Å². The lowest BCUT2D eigenvalue weighted by Crippen LogP contribution is -2.05. The molecule has 0 atom stereocenters. The lowest BCUT2D eigenvalue weighted by molar-refractivity contribution is 0.174. The normalized spacial score (nSPS) is 12.2. The van der Waals surface area contributed by atoms with Crippen LogP contribution in [0.3, 0.4) is 0 Å². The fourth-order valence-corrected chi connectivity index (χ4v) is 3.26. The highest BCUT2D eigenvalue weighted by atomic mass is 16.7. The van der Waals surface area contributed by atoms with Gasteiger partial charge in [-0.05, 0) is 36.8 Å². The molecule has 4 aromatic rings. The van der Waals surface area contributed by atoms with Crippen molar-refractivity contribution in [3.8, 4) is 11.5 Å². The van der Waals surface area contributed by atoms with E-state index in [1.54, 1.807) is 0 Å². The summed E-state index contributed by atoms with van der Waals surface area (Å²) < 4.78 is 10.8. The largest absolute Gasteiger partial charge is 0.454 e. The quantitative estimate of drug-likeness (QED) is 0.503. The second-order valence-electron chi connectivity index (χ2n) is 6.95. The Hall–Kier alpha value is -3.80. The molecule has 1 aromatic heterocycles. The molecule has 5 rings (SSSR count). The number of hydrogen-bond donors (Lipinski definition) is 2. The molecule has 0 radical (unpaired) electrons. The maximum atomic E-state index is 5.45. The van der Waals surface area contributed by atoms with Crippen molar-refractivity contribution in [2.24, 2.45) is 0 Å². The molecule has 3 aromatic carbocycles. The second kappa shape index (κ2) is 7.31. The summed E-state index contributed by atoms with van der Waals surface area (Å²) in [6.45, 7) is 3.02. The molecule has 0 aliphatic carbocycles. The monoisotopic (exact) mass is 384 g/mol. The first-order chi connectivity index (χ1) is 14.2. The summed E-state index contributed by atoms with van der Waals surface area (Å²) >= 11 is 0. The van der Waals surface area contributed by atoms with Crippen molar-refractivity contribution in [2.45, 2.75) is 13.5 Å². The Kier molecular flexibility index (Phi) is 4.37. The predicted molar refractivity (Wildman–Crippen MR) is 114 cm³/mol. The molecule has 2 heterocycles. The van der Waals surface area contributed by atoms with Crippen LogP contribution in [0.25, 0.3) is 10.9 Å². The SMILES string of the molecule is Cc1ccc(CNc2nc(Nc3ccc4c(c3)OCO4)nc3ccccc23)cc1. The van der Waals surface area contributed by atoms with E-state index in [4.69, 9.17) is 14.5 Å². The van der Waals surface area contributed by atoms with Gasteiger partial charge in [0.1, 0.15) is 5.82 Å². The van der Waals surface area contributed by atoms with Crippen molar-refractivity contribution in [2.75, 3.05) is 17.4 Å². The van der Waals surface area contributed by atoms with Crippen molar-refractivity contribution in [1.29, 1.82) is 0 Å². The van der Waals surface area contributed by atoms with Crippen LogP contribution in [-0.2, 0) is 6.54 Å². The maximum absolute atomic E-state index is 5.45. The number of nitrogens with zero attached hydrogens (tertiary/aromatic N) is 2. The Bertz CT molecular complexity index is 1180. The molecule has 0 saturated carbocycles. The number of anilines is 3. The van der Waals surface area contributed by atoms with Gasteiger partial charge in [0.2, 0.25) is 12.7 Å². The van der Waals surface area contributed by atoms with Crippen molar-refractivity contribution in [3.05, 3.63) is 77.9 Å². The number of aryl methyl sites for hydroxylation is 1. The topological polar surface area (TPSA) is 68.3 Å². The molecule has 0 unspecified atom stereocenters. The van der Waals surface area contributed by atoms with E-state index in [0.29, 0.717) is 18.2 Å². The van der Waals surface area contributed by atoms with Crippen LogP contribution in [0, 0.1) is 6.92 Å². The molecule has 2 N–H and O–H groups in total. The van der Waals surface area contributed by atoms with Gasteiger partial charge in [-0.25, -0.2) is 4.98 Å². The molecule has 0 amide bonds. The lowest BCUT2D eigenvalue weighted by atomic mass is 10.1. The summed E-state index contributed by atoms with van der Waals surface area (Å²) in [5, 5.41) is 7.71. The van der Waals surface area contributed by atoms with Crippen LogP contribution in [-0.4, -0.2) is 16.8 Å². The summed E-state index contributed by atoms with van der Waals surface area (Å²) in [4.78, 5) is 9.37. The molecular weight excluding hydrogens is 364 g/mol. The Morgan fingerprint density at radius 3 is 2.62 bits per heavy atom. The van der Waals surface area contributed by atoms with E-state index in [2.05, 4.69) is 46.8 Å². The Balaban J connectivity index is 1.44. The number of para-hydroxylation sites is 1. The number of aromatic nitrogens is 2. The van der Waals surface area contributed by atoms with Crippen LogP contribution in [0.4, 0.5) is 17.5 Å². The molecule has 6 heteroatoms. The molecule has 0 fully saturated rings. The minimum absolute atomic E-state index is 0.248. The number of benzene rings is 3. The van der Waals surface area contributed by atoms with Gasteiger partial charge in [-0.3, -0.25) is 0 Å². The Morgan fingerprint density at radius 1 is 0.897 bits per heavy atom. The summed E-state index contributed by atoms with van der Waals surface area (Å²) in [5.74, 6) is 2.78. The van der Waals surface area contributed by atoms with Crippen LogP contribution in [0.5, 0.6) is 11.5 Å². The average molecular weight is 384 g/mol. The van der Waals surface area contributed by atoms with Gasteiger partial charge in [0.05, 0.1) is 5.52 Å². The van der Waals surface area contributed by atoms with Crippen molar-refractivity contribution >= 4 is 28.4 Å². The van der Waals surface area contributed by atoms with Crippen LogP contribution in [0.15, 0.2) is 66.7 Å². The maximum Gasteiger partial charge on any atom is 0.231 e. The number of rotatable bonds is 5. The molecule has 29 heavy (non-hydrogen) atoms. The van der Waals surface area contributed by atoms with E-state index in [0.717, 1.165) is 28.2 Å². The first-order valence-corrected chi connectivity index (χ1v) is 9.47. The molecule has 6 nitrogen and oxygen atoms in total. The fourth-order valence-electron chi connectivity index (χ4n) is 3.26. The Labute approximate surface area is 168 Å². The van der Waals surface area contributed by atoms with E-state index in [1.807, 2.05) is 42.5 Å². The zero-order chi connectivity index (χ0) is 19.6. The first kappa shape index (κ1) is 17.3. The number of fused-ring (bicyclic) bond motifs is 2. The fraction of sp³-hybridized carbons (Fsp3) is 0.130. The molecule has 0 spiro atoms. The highest BCUT2D eigenvalue weighted by molar-refractivity contribution is 5.90. The highest BCUT2D eigenvalue weighted by Crippen LogP contribution is 2.35. The number of nitrogens with one attached hydrogen (secondary N) is 2. The van der Waals surface area contributed by atoms with Crippen LogP contribution in [0.2, 0.25) is 0 Å². The zero-order valence-corrected chi connectivity index (χ0v) is 16.0. The van der Waals surface area contributed by atoms with Gasteiger partial charge in [-0.15, -0.1) is 0 Å². The third kappa shape index (κ3) is 3.65. The van der Waals surface area contributed by atoms with Crippen molar-refractivity contribution in [3.63, 3.8) is 0 Å². The smallest absolute Gasteiger partial charge is 0.231 e. The van der Waals surface area contributed by atoms with E-state index in [-0.39, 0.29) is 6.79 Å². The van der Waals surface area contributed by atoms with E-state index in [9.17, 15) is 0 Å². The van der Waals surface area contributed by atoms with Gasteiger partial charge in [0.25, 0.3) is 0 Å². The van der Waals surface area contributed by atoms with E-state index in [1.165, 1.54) is 11.1 Å². The summed E-state index contributed by atoms with van der Waals surface area (Å²) in [5.41, 5.74) is 4.16. The van der Waals surface area contributed by atoms with Crippen LogP contribution >= 0.6 is 0 Å². The minimum Gasteiger partial charge on any atom is -0.454 e. The molecule has 0 bridgehead atoms. The van der Waals surface area contributed by atoms with Gasteiger partial charge >= 0.3 is 0 Å². The van der Waals surface area contributed by atoms with Crippen molar-refractivity contribution in [1.82, 2.24) is 9.97 Å². The highest BCUT2D eigenvalue weighted by Gasteiger charge is 2.14. The van der Waals surface area contributed by atoms with Gasteiger partial charge < -0.3 is 20.1 Å². The predicted octanol–water partition coefficient (Wildman–Crippen LogP) is 5.02. The van der Waals surface area contributed by atoms with E-state index >= 15 is 0 Å². The number of hydrogen-bond acceptors (Lipinski definition) is 6. The standard InChI is InChI=1S/C23H20N4O2/c1-15-6-8-16(9-7-15)13-24-22-18-4-2-3-5-19(18)26-23(27-22)25-17-10-11-20-21(12-17)29-14-28-20/h2-12H,13-14H2,1H3,(H2,24,25,26,27). The lowest BCUT2D eigenvalue weighted by Gasteiger charge is -2.12. The number of ether oxygens (including phenoxy) is 2.